The minimum absolute atomic E-state index is 0.0416. The lowest BCUT2D eigenvalue weighted by Gasteiger charge is -2.12. The smallest absolute Gasteiger partial charge is 0.389 e. The highest BCUT2D eigenvalue weighted by Crippen LogP contribution is 2.30. The fourth-order valence-electron chi connectivity index (χ4n) is 3.82. The average molecular weight is 551 g/mol. The van der Waals surface area contributed by atoms with Gasteiger partial charge in [0.05, 0.1) is 6.61 Å². The van der Waals surface area contributed by atoms with E-state index in [1.165, 1.54) is 24.3 Å². The van der Waals surface area contributed by atoms with E-state index in [1.807, 2.05) is 0 Å². The van der Waals surface area contributed by atoms with Gasteiger partial charge >= 0.3 is 18.5 Å². The summed E-state index contributed by atoms with van der Waals surface area (Å²) in [6.45, 7) is -2.75. The van der Waals surface area contributed by atoms with Crippen LogP contribution in [-0.2, 0) is 0 Å². The van der Waals surface area contributed by atoms with Crippen LogP contribution in [0.25, 0.3) is 28.1 Å². The molecule has 206 valence electrons. The Morgan fingerprint density at radius 1 is 0.897 bits per heavy atom. The Balaban J connectivity index is 1.57. The fraction of sp³-hybridized carbons (Fsp3) is 0.280. The van der Waals surface area contributed by atoms with Crippen LogP contribution in [0.2, 0.25) is 0 Å². The molecule has 0 atom stereocenters. The molecule has 4 aromatic rings. The number of pyridine rings is 1. The Morgan fingerprint density at radius 2 is 1.56 bits per heavy atom. The topological polar surface area (TPSA) is 115 Å². The number of tetrazole rings is 1. The van der Waals surface area contributed by atoms with Crippen LogP contribution in [0.15, 0.2) is 64.2 Å². The third kappa shape index (κ3) is 7.30. The molecule has 0 aliphatic carbocycles. The summed E-state index contributed by atoms with van der Waals surface area (Å²) in [5.74, 6) is 0.410. The molecule has 14 heteroatoms. The van der Waals surface area contributed by atoms with E-state index in [4.69, 9.17) is 4.74 Å². The minimum Gasteiger partial charge on any atom is -0.494 e. The van der Waals surface area contributed by atoms with E-state index in [9.17, 15) is 31.5 Å². The number of hydrogen-bond donors (Lipinski definition) is 2. The fourth-order valence-corrected chi connectivity index (χ4v) is 3.82. The summed E-state index contributed by atoms with van der Waals surface area (Å²) in [5.41, 5.74) is 0.0968. The number of hydrogen-bond acceptors (Lipinski definition) is 6. The van der Waals surface area contributed by atoms with Gasteiger partial charge in [-0.2, -0.15) is 26.6 Å². The van der Waals surface area contributed by atoms with Crippen molar-refractivity contribution in [3.05, 3.63) is 75.4 Å². The number of ether oxygens (including phenoxy) is 2. The van der Waals surface area contributed by atoms with Crippen LogP contribution < -0.4 is 20.7 Å². The number of rotatable bonds is 11. The third-order valence-electron chi connectivity index (χ3n) is 5.62. The van der Waals surface area contributed by atoms with Crippen molar-refractivity contribution in [2.24, 2.45) is 0 Å². The van der Waals surface area contributed by atoms with E-state index in [2.05, 4.69) is 25.2 Å². The molecule has 2 aromatic heterocycles. The maximum Gasteiger partial charge on any atom is 0.389 e. The van der Waals surface area contributed by atoms with Crippen LogP contribution in [0.5, 0.6) is 11.5 Å². The van der Waals surface area contributed by atoms with E-state index in [0.717, 1.165) is 4.68 Å². The highest BCUT2D eigenvalue weighted by atomic mass is 19.4. The van der Waals surface area contributed by atoms with Crippen molar-refractivity contribution in [2.45, 2.75) is 38.5 Å². The van der Waals surface area contributed by atoms with E-state index in [0.29, 0.717) is 35.4 Å². The Bertz CT molecular complexity index is 1500. The predicted molar refractivity (Wildman–Crippen MR) is 130 cm³/mol. The van der Waals surface area contributed by atoms with Crippen molar-refractivity contribution in [3.63, 3.8) is 0 Å². The molecule has 4 rings (SSSR count). The molecular weight excluding hydrogens is 529 g/mol. The molecule has 2 aromatic carbocycles. The number of nitrogens with one attached hydrogen (secondary N) is 2. The van der Waals surface area contributed by atoms with Gasteiger partial charge in [-0.3, -0.25) is 4.79 Å². The molecule has 39 heavy (non-hydrogen) atoms. The SMILES string of the molecule is O=c1[nH]c(-c2ccc(OCCCCCC(F)(F)F)cc2)cc(-c2ccc(OC(F)F)cc2)c1-n1nn[nH]c1=O. The Kier molecular flexibility index (Phi) is 8.42. The molecule has 0 fully saturated rings. The van der Waals surface area contributed by atoms with Gasteiger partial charge in [0.15, 0.2) is 0 Å². The van der Waals surface area contributed by atoms with Crippen molar-refractivity contribution in [1.29, 1.82) is 0 Å². The molecule has 0 spiro atoms. The zero-order chi connectivity index (χ0) is 28.0. The van der Waals surface area contributed by atoms with E-state index in [-0.39, 0.29) is 30.0 Å². The number of aromatic nitrogens is 5. The van der Waals surface area contributed by atoms with E-state index >= 15 is 0 Å². The Hall–Kier alpha value is -4.49. The van der Waals surface area contributed by atoms with Crippen molar-refractivity contribution < 1.29 is 31.4 Å². The first-order chi connectivity index (χ1) is 18.6. The lowest BCUT2D eigenvalue weighted by molar-refractivity contribution is -0.135. The van der Waals surface area contributed by atoms with Gasteiger partial charge in [0.25, 0.3) is 5.56 Å². The van der Waals surface area contributed by atoms with Crippen LogP contribution in [0, 0.1) is 0 Å². The van der Waals surface area contributed by atoms with Crippen molar-refractivity contribution in [3.8, 4) is 39.6 Å². The van der Waals surface area contributed by atoms with Gasteiger partial charge in [0.1, 0.15) is 17.2 Å². The van der Waals surface area contributed by atoms with Gasteiger partial charge < -0.3 is 14.5 Å². The maximum absolute atomic E-state index is 13.1. The number of nitrogens with zero attached hydrogens (tertiary/aromatic N) is 3. The zero-order valence-corrected chi connectivity index (χ0v) is 20.2. The summed E-state index contributed by atoms with van der Waals surface area (Å²) in [6.07, 6.45) is -4.08. The number of H-pyrrole nitrogens is 2. The second kappa shape index (κ2) is 11.9. The zero-order valence-electron chi connectivity index (χ0n) is 20.2. The first-order valence-corrected chi connectivity index (χ1v) is 11.7. The highest BCUT2D eigenvalue weighted by molar-refractivity contribution is 5.77. The minimum atomic E-state index is -4.16. The van der Waals surface area contributed by atoms with Gasteiger partial charge in [-0.15, -0.1) is 0 Å². The van der Waals surface area contributed by atoms with Crippen LogP contribution in [0.3, 0.4) is 0 Å². The maximum atomic E-state index is 13.1. The molecule has 0 aliphatic heterocycles. The molecule has 0 saturated heterocycles. The first kappa shape index (κ1) is 27.5. The second-order valence-electron chi connectivity index (χ2n) is 8.39. The lowest BCUT2D eigenvalue weighted by atomic mass is 10.0. The Morgan fingerprint density at radius 3 is 2.18 bits per heavy atom. The van der Waals surface area contributed by atoms with Gasteiger partial charge in [-0.25, -0.2) is 9.89 Å². The normalized spacial score (nSPS) is 11.6. The molecule has 2 heterocycles. The quantitative estimate of drug-likeness (QED) is 0.199. The van der Waals surface area contributed by atoms with Crippen molar-refractivity contribution in [1.82, 2.24) is 25.2 Å². The summed E-state index contributed by atoms with van der Waals surface area (Å²) >= 11 is 0. The number of halogens is 5. The largest absolute Gasteiger partial charge is 0.494 e. The van der Waals surface area contributed by atoms with Gasteiger partial charge in [-0.1, -0.05) is 12.1 Å². The molecule has 2 N–H and O–H groups in total. The van der Waals surface area contributed by atoms with E-state index in [1.54, 1.807) is 30.3 Å². The summed E-state index contributed by atoms with van der Waals surface area (Å²) in [6, 6.07) is 13.8. The molecule has 9 nitrogen and oxygen atoms in total. The Labute approximate surface area is 217 Å². The van der Waals surface area contributed by atoms with Crippen LogP contribution >= 0.6 is 0 Å². The molecule has 0 radical (unpaired) electrons. The number of benzene rings is 2. The lowest BCUT2D eigenvalue weighted by Crippen LogP contribution is -2.25. The van der Waals surface area contributed by atoms with Gasteiger partial charge in [0.2, 0.25) is 0 Å². The van der Waals surface area contributed by atoms with Crippen LogP contribution in [0.4, 0.5) is 22.0 Å². The molecule has 0 bridgehead atoms. The van der Waals surface area contributed by atoms with Gasteiger partial charge in [-0.05, 0) is 83.3 Å². The van der Waals surface area contributed by atoms with Crippen molar-refractivity contribution in [2.75, 3.05) is 6.61 Å². The second-order valence-corrected chi connectivity index (χ2v) is 8.39. The monoisotopic (exact) mass is 551 g/mol. The van der Waals surface area contributed by atoms with Crippen LogP contribution in [-0.4, -0.2) is 44.6 Å². The molecule has 0 amide bonds. The highest BCUT2D eigenvalue weighted by Gasteiger charge is 2.25. The standard InChI is InChI=1S/C25H22F5N5O4/c26-23(27)39-18-10-4-15(5-11-18)19-14-20(31-22(36)21(19)35-24(37)32-33-34-35)16-6-8-17(9-7-16)38-13-3-1-2-12-25(28,29)30/h4-11,14,23H,1-3,12-13H2,(H,31,36)(H,32,34,37). The summed E-state index contributed by atoms with van der Waals surface area (Å²) < 4.78 is 72.5. The number of unbranched alkanes of at least 4 members (excludes halogenated alkanes) is 2. The molecule has 0 saturated carbocycles. The van der Waals surface area contributed by atoms with Crippen LogP contribution in [0.1, 0.15) is 25.7 Å². The molecule has 0 aliphatic rings. The predicted octanol–water partition coefficient (Wildman–Crippen LogP) is 5.08. The molecular formula is C25H22F5N5O4. The summed E-state index contributed by atoms with van der Waals surface area (Å²) in [7, 11) is 0. The van der Waals surface area contributed by atoms with Crippen molar-refractivity contribution >= 4 is 0 Å². The third-order valence-corrected chi connectivity index (χ3v) is 5.62. The summed E-state index contributed by atoms with van der Waals surface area (Å²) in [4.78, 5) is 28.0. The number of aromatic amines is 2. The molecule has 0 unspecified atom stereocenters. The van der Waals surface area contributed by atoms with Gasteiger partial charge in [0, 0.05) is 17.7 Å². The summed E-state index contributed by atoms with van der Waals surface area (Å²) in [5, 5.41) is 9.18. The number of alkyl halides is 5. The van der Waals surface area contributed by atoms with E-state index < -0.39 is 30.5 Å². The average Bonchev–Trinajstić information content (AvgIpc) is 3.30. The first-order valence-electron chi connectivity index (χ1n) is 11.7.